The van der Waals surface area contributed by atoms with Gasteiger partial charge < -0.3 is 4.42 Å². The van der Waals surface area contributed by atoms with Crippen molar-refractivity contribution in [1.82, 2.24) is 24.1 Å². The third kappa shape index (κ3) is 8.35. The number of sulfonamides is 1. The average molecular weight is 725 g/mol. The highest BCUT2D eigenvalue weighted by molar-refractivity contribution is 7.90. The molecule has 10 nitrogen and oxygen atoms in total. The third-order valence-electron chi connectivity index (χ3n) is 7.09. The van der Waals surface area contributed by atoms with Crippen LogP contribution >= 0.6 is 23.2 Å². The number of benzene rings is 3. The minimum Gasteiger partial charge on any atom is -0.438 e. The lowest BCUT2D eigenvalue weighted by Crippen LogP contribution is -2.31. The lowest BCUT2D eigenvalue weighted by molar-refractivity contribution is -0.137. The van der Waals surface area contributed by atoms with Crippen LogP contribution < -0.4 is 10.4 Å². The number of halogens is 5. The first-order valence-corrected chi connectivity index (χ1v) is 17.0. The SMILES string of the molecule is CCCCc1nn(-c2ccccc2C(F)(F)F)c(=O)n1Cc1ccc(-c2ccccc2S(=O)(=O)NC(=O)c2ocnc2C)cc1.ClCCl. The molecule has 0 fully saturated rings. The number of aromatic nitrogens is 4. The molecule has 3 aromatic carbocycles. The van der Waals surface area contributed by atoms with Gasteiger partial charge in [-0.15, -0.1) is 28.3 Å². The van der Waals surface area contributed by atoms with Gasteiger partial charge in [-0.25, -0.2) is 22.9 Å². The Morgan fingerprint density at radius 3 is 2.27 bits per heavy atom. The first-order chi connectivity index (χ1) is 22.8. The number of amides is 1. The number of carbonyl (C=O) groups excluding carboxylic acids is 1. The van der Waals surface area contributed by atoms with Gasteiger partial charge in [0, 0.05) is 12.0 Å². The summed E-state index contributed by atoms with van der Waals surface area (Å²) in [6.07, 6.45) is -1.79. The highest BCUT2D eigenvalue weighted by Gasteiger charge is 2.35. The van der Waals surface area contributed by atoms with Crippen LogP contribution in [0.1, 0.15) is 53.0 Å². The van der Waals surface area contributed by atoms with Crippen LogP contribution in [0.3, 0.4) is 0 Å². The fraction of sp³-hybridized carbons (Fsp3) is 0.250. The van der Waals surface area contributed by atoms with Crippen molar-refractivity contribution in [3.05, 3.63) is 118 Å². The molecule has 48 heavy (non-hydrogen) atoms. The molecule has 0 bridgehead atoms. The first-order valence-electron chi connectivity index (χ1n) is 14.4. The number of alkyl halides is 5. The maximum atomic E-state index is 13.7. The second-order valence-corrected chi connectivity index (χ2v) is 12.8. The van der Waals surface area contributed by atoms with Crippen LogP contribution in [0, 0.1) is 6.92 Å². The smallest absolute Gasteiger partial charge is 0.418 e. The lowest BCUT2D eigenvalue weighted by Gasteiger charge is -2.12. The highest BCUT2D eigenvalue weighted by Crippen LogP contribution is 2.33. The van der Waals surface area contributed by atoms with E-state index < -0.39 is 33.4 Å². The summed E-state index contributed by atoms with van der Waals surface area (Å²) in [5.41, 5.74) is -0.340. The summed E-state index contributed by atoms with van der Waals surface area (Å²) in [5, 5.41) is 4.49. The number of oxazole rings is 1. The van der Waals surface area contributed by atoms with Crippen LogP contribution in [0.15, 0.2) is 93.3 Å². The van der Waals surface area contributed by atoms with Crippen molar-refractivity contribution < 1.29 is 30.8 Å². The number of hydrogen-bond acceptors (Lipinski definition) is 7. The van der Waals surface area contributed by atoms with E-state index >= 15 is 0 Å². The molecule has 1 N–H and O–H groups in total. The van der Waals surface area contributed by atoms with E-state index in [1.807, 2.05) is 11.6 Å². The normalized spacial score (nSPS) is 11.6. The summed E-state index contributed by atoms with van der Waals surface area (Å²) in [6, 6.07) is 17.6. The maximum absolute atomic E-state index is 13.7. The molecule has 1 amide bonds. The molecule has 0 unspecified atom stereocenters. The van der Waals surface area contributed by atoms with E-state index in [9.17, 15) is 31.2 Å². The summed E-state index contributed by atoms with van der Waals surface area (Å²) < 4.78 is 76.7. The predicted octanol–water partition coefficient (Wildman–Crippen LogP) is 6.95. The van der Waals surface area contributed by atoms with Gasteiger partial charge in [-0.3, -0.25) is 9.36 Å². The number of rotatable bonds is 10. The molecular weight excluding hydrogens is 694 g/mol. The molecule has 16 heteroatoms. The third-order valence-corrected chi connectivity index (χ3v) is 8.48. The van der Waals surface area contributed by atoms with Gasteiger partial charge in [-0.05, 0) is 42.7 Å². The topological polar surface area (TPSA) is 129 Å². The quantitative estimate of drug-likeness (QED) is 0.155. The minimum absolute atomic E-state index is 0.0267. The summed E-state index contributed by atoms with van der Waals surface area (Å²) in [5.74, 6) is -0.839. The molecule has 0 aliphatic heterocycles. The largest absolute Gasteiger partial charge is 0.438 e. The number of hydrogen-bond donors (Lipinski definition) is 1. The Morgan fingerprint density at radius 2 is 1.65 bits per heavy atom. The van der Waals surface area contributed by atoms with Gasteiger partial charge in [0.25, 0.3) is 10.0 Å². The molecule has 0 aliphatic rings. The number of carbonyl (C=O) groups is 1. The minimum atomic E-state index is -4.68. The van der Waals surface area contributed by atoms with E-state index in [2.05, 4.69) is 10.1 Å². The van der Waals surface area contributed by atoms with Crippen molar-refractivity contribution in [2.75, 3.05) is 5.34 Å². The Balaban J connectivity index is 0.00000167. The van der Waals surface area contributed by atoms with Crippen molar-refractivity contribution in [3.8, 4) is 16.8 Å². The fourth-order valence-electron chi connectivity index (χ4n) is 4.83. The van der Waals surface area contributed by atoms with Gasteiger partial charge in [0.1, 0.15) is 5.82 Å². The van der Waals surface area contributed by atoms with Gasteiger partial charge in [-0.2, -0.15) is 17.9 Å². The van der Waals surface area contributed by atoms with E-state index in [0.29, 0.717) is 35.4 Å². The second kappa shape index (κ2) is 15.7. The van der Waals surface area contributed by atoms with Gasteiger partial charge in [0.2, 0.25) is 5.76 Å². The van der Waals surface area contributed by atoms with E-state index in [1.54, 1.807) is 36.4 Å². The van der Waals surface area contributed by atoms with Crippen LogP contribution in [0.4, 0.5) is 13.2 Å². The predicted molar refractivity (Wildman–Crippen MR) is 175 cm³/mol. The summed E-state index contributed by atoms with van der Waals surface area (Å²) in [7, 11) is -4.32. The van der Waals surface area contributed by atoms with Crippen LogP contribution in [-0.4, -0.2) is 39.0 Å². The zero-order valence-electron chi connectivity index (χ0n) is 25.7. The monoisotopic (exact) mass is 723 g/mol. The van der Waals surface area contributed by atoms with Crippen LogP contribution in [0.2, 0.25) is 0 Å². The van der Waals surface area contributed by atoms with Gasteiger partial charge in [0.05, 0.1) is 33.7 Å². The molecule has 254 valence electrons. The Bertz CT molecular complexity index is 2040. The van der Waals surface area contributed by atoms with Crippen molar-refractivity contribution in [1.29, 1.82) is 0 Å². The number of aryl methyl sites for hydroxylation is 2. The molecule has 0 radical (unpaired) electrons. The number of nitrogens with one attached hydrogen (secondary N) is 1. The van der Waals surface area contributed by atoms with Crippen molar-refractivity contribution in [2.45, 2.75) is 50.7 Å². The zero-order chi connectivity index (χ0) is 35.1. The van der Waals surface area contributed by atoms with Gasteiger partial charge in [-0.1, -0.05) is 67.9 Å². The van der Waals surface area contributed by atoms with Crippen LogP contribution in [0.5, 0.6) is 0 Å². The number of nitrogens with zero attached hydrogens (tertiary/aromatic N) is 4. The molecule has 0 spiro atoms. The first kappa shape index (κ1) is 36.4. The Labute approximate surface area is 284 Å². The van der Waals surface area contributed by atoms with E-state index in [0.717, 1.165) is 23.6 Å². The summed E-state index contributed by atoms with van der Waals surface area (Å²) >= 11 is 9.53. The molecular formula is C32H30Cl2F3N5O5S. The average Bonchev–Trinajstić information content (AvgIpc) is 3.62. The molecule has 5 aromatic rings. The van der Waals surface area contributed by atoms with Crippen LogP contribution in [0.25, 0.3) is 16.8 Å². The van der Waals surface area contributed by atoms with Crippen molar-refractivity contribution in [2.24, 2.45) is 0 Å². The lowest BCUT2D eigenvalue weighted by atomic mass is 10.0. The van der Waals surface area contributed by atoms with E-state index in [-0.39, 0.29) is 33.9 Å². The molecule has 0 aliphatic carbocycles. The number of unbranched alkanes of at least 4 members (excludes halogenated alkanes) is 1. The van der Waals surface area contributed by atoms with Gasteiger partial charge in [0.15, 0.2) is 6.39 Å². The van der Waals surface area contributed by atoms with Gasteiger partial charge >= 0.3 is 17.8 Å². The molecule has 0 saturated heterocycles. The Kier molecular flexibility index (Phi) is 11.9. The fourth-order valence-corrected chi connectivity index (χ4v) is 6.01. The zero-order valence-corrected chi connectivity index (χ0v) is 28.0. The van der Waals surface area contributed by atoms with E-state index in [1.165, 1.54) is 41.8 Å². The standard InChI is InChI=1S/C31H28F3N5O5S.CH2Cl2/c1-3-4-13-27-36-39(25-11-7-6-10-24(25)31(32,33)34)30(41)38(27)18-21-14-16-22(17-15-21)23-9-5-8-12-26(23)45(42,43)37-29(40)28-20(2)35-19-44-28;2-1-3/h5-12,14-17,19H,3-4,13,18H2,1-2H3,(H,37,40);1H2. The summed E-state index contributed by atoms with van der Waals surface area (Å²) in [6.45, 7) is 3.49. The molecule has 0 saturated carbocycles. The second-order valence-electron chi connectivity index (χ2n) is 10.3. The maximum Gasteiger partial charge on any atom is 0.418 e. The Hall–Kier alpha value is -4.40. The molecule has 2 heterocycles. The highest BCUT2D eigenvalue weighted by atomic mass is 35.5. The van der Waals surface area contributed by atoms with Crippen molar-refractivity contribution >= 4 is 39.1 Å². The number of para-hydroxylation sites is 1. The Morgan fingerprint density at radius 1 is 1.00 bits per heavy atom. The molecule has 0 atom stereocenters. The van der Waals surface area contributed by atoms with Crippen LogP contribution in [-0.2, 0) is 29.2 Å². The summed E-state index contributed by atoms with van der Waals surface area (Å²) in [4.78, 5) is 29.7. The molecule has 2 aromatic heterocycles. The van der Waals surface area contributed by atoms with E-state index in [4.69, 9.17) is 27.6 Å². The molecule has 5 rings (SSSR count). The van der Waals surface area contributed by atoms with Crippen molar-refractivity contribution in [3.63, 3.8) is 0 Å².